The third-order valence-electron chi connectivity index (χ3n) is 5.77. The van der Waals surface area contributed by atoms with Crippen molar-refractivity contribution in [3.63, 3.8) is 0 Å². The van der Waals surface area contributed by atoms with Crippen molar-refractivity contribution >= 4 is 18.0 Å². The fourth-order valence-corrected chi connectivity index (χ4v) is 3.94. The first-order valence-corrected chi connectivity index (χ1v) is 12.4. The summed E-state index contributed by atoms with van der Waals surface area (Å²) in [6.45, 7) is 4.59. The van der Waals surface area contributed by atoms with Gasteiger partial charge in [0.1, 0.15) is 12.6 Å². The summed E-state index contributed by atoms with van der Waals surface area (Å²) in [7, 11) is 0. The lowest BCUT2D eigenvalue weighted by molar-refractivity contribution is -0.145. The smallest absolute Gasteiger partial charge is 0.326 e. The van der Waals surface area contributed by atoms with Crippen LogP contribution >= 0.6 is 0 Å². The summed E-state index contributed by atoms with van der Waals surface area (Å²) in [4.78, 5) is 38.8. The molecule has 0 aromatic heterocycles. The van der Waals surface area contributed by atoms with Gasteiger partial charge in [0.25, 0.3) is 0 Å². The quantitative estimate of drug-likeness (QED) is 0.334. The molecule has 0 spiro atoms. The summed E-state index contributed by atoms with van der Waals surface area (Å²) in [5.74, 6) is -1.40. The number of rotatable bonds is 12. The van der Waals surface area contributed by atoms with E-state index in [2.05, 4.69) is 5.32 Å². The van der Waals surface area contributed by atoms with Gasteiger partial charge in [0.05, 0.1) is 6.42 Å². The Morgan fingerprint density at radius 2 is 1.49 bits per heavy atom. The third kappa shape index (κ3) is 9.11. The van der Waals surface area contributed by atoms with Gasteiger partial charge in [-0.15, -0.1) is 0 Å². The molecule has 0 saturated carbocycles. The van der Waals surface area contributed by atoms with Gasteiger partial charge in [-0.3, -0.25) is 4.79 Å². The largest absolute Gasteiger partial charge is 0.480 e. The van der Waals surface area contributed by atoms with E-state index in [1.165, 1.54) is 4.90 Å². The van der Waals surface area contributed by atoms with Crippen LogP contribution in [-0.2, 0) is 27.4 Å². The summed E-state index contributed by atoms with van der Waals surface area (Å²) in [6.07, 6.45) is 0.153. The molecular formula is C30H34N2O5. The Morgan fingerprint density at radius 3 is 2.14 bits per heavy atom. The highest BCUT2D eigenvalue weighted by Gasteiger charge is 2.25. The predicted molar refractivity (Wildman–Crippen MR) is 143 cm³/mol. The van der Waals surface area contributed by atoms with Crippen LogP contribution in [0.5, 0.6) is 0 Å². The molecule has 1 unspecified atom stereocenters. The number of nitrogens with zero attached hydrogens (tertiary/aromatic N) is 1. The number of hydrogen-bond donors (Lipinski definition) is 2. The number of carbonyl (C=O) groups excluding carboxylic acids is 2. The van der Waals surface area contributed by atoms with Crippen LogP contribution in [0.15, 0.2) is 84.9 Å². The van der Waals surface area contributed by atoms with E-state index < -0.39 is 24.0 Å². The molecule has 0 saturated heterocycles. The standard InChI is InChI=1S/C30H34N2O5/c1-22(2)20-32(17-16-28(33)37-21-23-10-5-3-6-11-23)30(36)31-27(29(34)35)19-24-12-9-15-26(18-24)25-13-7-4-8-14-25/h3-15,18,22,27H,16-17,19-21H2,1-2H3,(H,31,36)(H,34,35). The van der Waals surface area contributed by atoms with E-state index >= 15 is 0 Å². The fraction of sp³-hybridized carbons (Fsp3) is 0.300. The zero-order chi connectivity index (χ0) is 26.6. The minimum Gasteiger partial charge on any atom is -0.480 e. The van der Waals surface area contributed by atoms with Crippen molar-refractivity contribution in [1.82, 2.24) is 10.2 Å². The molecule has 0 aliphatic heterocycles. The number of carboxylic acids is 1. The molecular weight excluding hydrogens is 468 g/mol. The summed E-state index contributed by atoms with van der Waals surface area (Å²) in [6, 6.07) is 25.2. The van der Waals surface area contributed by atoms with E-state index in [9.17, 15) is 19.5 Å². The third-order valence-corrected chi connectivity index (χ3v) is 5.77. The highest BCUT2D eigenvalue weighted by Crippen LogP contribution is 2.21. The lowest BCUT2D eigenvalue weighted by atomic mass is 9.99. The first-order valence-electron chi connectivity index (χ1n) is 12.4. The average Bonchev–Trinajstić information content (AvgIpc) is 2.90. The van der Waals surface area contributed by atoms with Gasteiger partial charge in [-0.1, -0.05) is 98.8 Å². The lowest BCUT2D eigenvalue weighted by Crippen LogP contribution is -2.50. The molecule has 0 fully saturated rings. The number of esters is 1. The van der Waals surface area contributed by atoms with E-state index in [-0.39, 0.29) is 31.9 Å². The summed E-state index contributed by atoms with van der Waals surface area (Å²) < 4.78 is 5.32. The molecule has 0 heterocycles. The molecule has 3 rings (SSSR count). The molecule has 7 nitrogen and oxygen atoms in total. The first-order chi connectivity index (χ1) is 17.8. The Balaban J connectivity index is 1.61. The maximum atomic E-state index is 13.1. The molecule has 3 aromatic carbocycles. The molecule has 0 radical (unpaired) electrons. The maximum absolute atomic E-state index is 13.1. The summed E-state index contributed by atoms with van der Waals surface area (Å²) >= 11 is 0. The predicted octanol–water partition coefficient (Wildman–Crippen LogP) is 5.15. The molecule has 3 aromatic rings. The number of amides is 2. The molecule has 1 atom stereocenters. The SMILES string of the molecule is CC(C)CN(CCC(=O)OCc1ccccc1)C(=O)NC(Cc1cccc(-c2ccccc2)c1)C(=O)O. The molecule has 194 valence electrons. The van der Waals surface area contributed by atoms with Crippen molar-refractivity contribution in [2.45, 2.75) is 39.3 Å². The van der Waals surface area contributed by atoms with Crippen molar-refractivity contribution in [2.75, 3.05) is 13.1 Å². The molecule has 37 heavy (non-hydrogen) atoms. The van der Waals surface area contributed by atoms with Crippen LogP contribution in [0.1, 0.15) is 31.4 Å². The van der Waals surface area contributed by atoms with Gasteiger partial charge in [-0.2, -0.15) is 0 Å². The minimum atomic E-state index is -1.12. The Bertz CT molecular complexity index is 1160. The van der Waals surface area contributed by atoms with Gasteiger partial charge in [0.15, 0.2) is 0 Å². The second-order valence-electron chi connectivity index (χ2n) is 9.35. The molecule has 7 heteroatoms. The summed E-state index contributed by atoms with van der Waals surface area (Å²) in [5, 5.41) is 12.5. The van der Waals surface area contributed by atoms with Gasteiger partial charge in [-0.25, -0.2) is 9.59 Å². The van der Waals surface area contributed by atoms with Gasteiger partial charge < -0.3 is 20.1 Å². The maximum Gasteiger partial charge on any atom is 0.326 e. The fourth-order valence-electron chi connectivity index (χ4n) is 3.94. The van der Waals surface area contributed by atoms with Gasteiger partial charge in [0.2, 0.25) is 0 Å². The second-order valence-corrected chi connectivity index (χ2v) is 9.35. The topological polar surface area (TPSA) is 95.9 Å². The van der Waals surface area contributed by atoms with Crippen molar-refractivity contribution in [3.05, 3.63) is 96.1 Å². The highest BCUT2D eigenvalue weighted by atomic mass is 16.5. The van der Waals surface area contributed by atoms with Gasteiger partial charge in [-0.05, 0) is 28.2 Å². The van der Waals surface area contributed by atoms with Crippen LogP contribution in [0, 0.1) is 5.92 Å². The van der Waals surface area contributed by atoms with Crippen LogP contribution in [0.25, 0.3) is 11.1 Å². The summed E-state index contributed by atoms with van der Waals surface area (Å²) in [5.41, 5.74) is 3.69. The molecule has 2 amide bonds. The molecule has 0 aliphatic carbocycles. The second kappa shape index (κ2) is 13.8. The normalized spacial score (nSPS) is 11.5. The van der Waals surface area contributed by atoms with Crippen molar-refractivity contribution in [1.29, 1.82) is 0 Å². The van der Waals surface area contributed by atoms with E-state index in [0.29, 0.717) is 6.54 Å². The number of nitrogens with one attached hydrogen (secondary N) is 1. The Morgan fingerprint density at radius 1 is 0.865 bits per heavy atom. The first kappa shape index (κ1) is 27.5. The Kier molecular flexibility index (Phi) is 10.3. The zero-order valence-electron chi connectivity index (χ0n) is 21.3. The van der Waals surface area contributed by atoms with Crippen LogP contribution in [0.2, 0.25) is 0 Å². The van der Waals surface area contributed by atoms with E-state index in [0.717, 1.165) is 22.3 Å². The van der Waals surface area contributed by atoms with E-state index in [1.807, 2.05) is 98.8 Å². The number of aliphatic carboxylic acids is 1. The van der Waals surface area contributed by atoms with Crippen LogP contribution in [-0.4, -0.2) is 47.1 Å². The van der Waals surface area contributed by atoms with Gasteiger partial charge in [0, 0.05) is 19.5 Å². The minimum absolute atomic E-state index is 0.0177. The van der Waals surface area contributed by atoms with E-state index in [4.69, 9.17) is 4.74 Å². The van der Waals surface area contributed by atoms with Crippen molar-refractivity contribution in [3.8, 4) is 11.1 Å². The number of urea groups is 1. The molecule has 0 aliphatic rings. The van der Waals surface area contributed by atoms with Crippen LogP contribution in [0.3, 0.4) is 0 Å². The number of ether oxygens (including phenoxy) is 1. The number of carbonyl (C=O) groups is 3. The number of benzene rings is 3. The lowest BCUT2D eigenvalue weighted by Gasteiger charge is -2.26. The highest BCUT2D eigenvalue weighted by molar-refractivity contribution is 5.83. The number of carboxylic acid groups (broad SMARTS) is 1. The molecule has 2 N–H and O–H groups in total. The number of hydrogen-bond acceptors (Lipinski definition) is 4. The molecule has 0 bridgehead atoms. The van der Waals surface area contributed by atoms with Crippen molar-refractivity contribution in [2.24, 2.45) is 5.92 Å². The Labute approximate surface area is 218 Å². The van der Waals surface area contributed by atoms with Crippen LogP contribution in [0.4, 0.5) is 4.79 Å². The zero-order valence-corrected chi connectivity index (χ0v) is 21.3. The van der Waals surface area contributed by atoms with E-state index in [1.54, 1.807) is 0 Å². The Hall–Kier alpha value is -4.13. The monoisotopic (exact) mass is 502 g/mol. The van der Waals surface area contributed by atoms with Gasteiger partial charge >= 0.3 is 18.0 Å². The van der Waals surface area contributed by atoms with Crippen LogP contribution < -0.4 is 5.32 Å². The average molecular weight is 503 g/mol. The van der Waals surface area contributed by atoms with Crippen molar-refractivity contribution < 1.29 is 24.2 Å².